The highest BCUT2D eigenvalue weighted by molar-refractivity contribution is 5.75. The van der Waals surface area contributed by atoms with Crippen LogP contribution in [0.3, 0.4) is 0 Å². The molecule has 0 aliphatic carbocycles. The van der Waals surface area contributed by atoms with Crippen molar-refractivity contribution in [2.75, 3.05) is 13.2 Å². The number of carbonyl (C=O) groups excluding carboxylic acids is 1. The number of aliphatic carboxylic acids is 3. The molecular weight excluding hydrogens is 420 g/mol. The molecule has 0 saturated heterocycles. The Morgan fingerprint density at radius 3 is 1.27 bits per heavy atom. The minimum absolute atomic E-state index is 0.0258. The molecule has 0 aromatic rings. The van der Waals surface area contributed by atoms with Gasteiger partial charge in [0.2, 0.25) is 0 Å². The molecule has 0 aliphatic rings. The van der Waals surface area contributed by atoms with E-state index in [1.54, 1.807) is 6.92 Å². The van der Waals surface area contributed by atoms with Gasteiger partial charge in [0.25, 0.3) is 12.4 Å². The summed E-state index contributed by atoms with van der Waals surface area (Å²) in [7, 11) is 0. The van der Waals surface area contributed by atoms with E-state index < -0.39 is 48.9 Å². The van der Waals surface area contributed by atoms with Gasteiger partial charge in [-0.1, -0.05) is 0 Å². The van der Waals surface area contributed by atoms with Crippen molar-refractivity contribution in [1.82, 2.24) is 0 Å². The third kappa shape index (κ3) is 44.6. The lowest BCUT2D eigenvalue weighted by molar-refractivity contribution is -0.143. The quantitative estimate of drug-likeness (QED) is 0.159. The Hall–Kier alpha value is -2.69. The van der Waals surface area contributed by atoms with Gasteiger partial charge in [0.05, 0.1) is 19.4 Å². The molecule has 0 saturated carbocycles. The maximum Gasteiger partial charge on any atom is 0.303 e. The largest absolute Gasteiger partial charge is 0.483 e. The first-order chi connectivity index (χ1) is 13.7. The molecule has 0 aromatic carbocycles. The second-order valence-corrected chi connectivity index (χ2v) is 4.59. The van der Waals surface area contributed by atoms with Crippen LogP contribution in [0.25, 0.3) is 0 Å². The molecule has 15 heteroatoms. The highest BCUT2D eigenvalue weighted by atomic mass is 16.4. The molecule has 0 amide bonds. The summed E-state index contributed by atoms with van der Waals surface area (Å²) in [6, 6.07) is 0. The number of aliphatic hydroxyl groups is 6. The van der Waals surface area contributed by atoms with E-state index in [9.17, 15) is 14.4 Å². The Kier molecular flexibility index (Phi) is 36.1. The summed E-state index contributed by atoms with van der Waals surface area (Å²) in [6.45, 7) is 2.00. The van der Waals surface area contributed by atoms with Crippen molar-refractivity contribution in [3.05, 3.63) is 0 Å². The van der Waals surface area contributed by atoms with E-state index in [0.29, 0.717) is 0 Å². The van der Waals surface area contributed by atoms with Crippen LogP contribution in [0, 0.1) is 0 Å². The van der Waals surface area contributed by atoms with E-state index >= 15 is 0 Å². The fourth-order valence-electron chi connectivity index (χ4n) is 0.832. The van der Waals surface area contributed by atoms with Crippen LogP contribution in [0.1, 0.15) is 26.7 Å². The van der Waals surface area contributed by atoms with Crippen LogP contribution >= 0.6 is 0 Å². The van der Waals surface area contributed by atoms with Gasteiger partial charge in [-0.25, -0.2) is 0 Å². The van der Waals surface area contributed by atoms with E-state index in [0.717, 1.165) is 6.92 Å². The molecule has 0 radical (unpaired) electrons. The Balaban J connectivity index is -0.0000000994. The molecule has 15 nitrogen and oxygen atoms in total. The predicted octanol–water partition coefficient (Wildman–Crippen LogP) is -3.65. The summed E-state index contributed by atoms with van der Waals surface area (Å²) in [5.74, 6) is -2.99. The van der Waals surface area contributed by atoms with Gasteiger partial charge in [0, 0.05) is 13.5 Å². The Bertz CT molecular complexity index is 422. The van der Waals surface area contributed by atoms with Gasteiger partial charge < -0.3 is 55.9 Å². The summed E-state index contributed by atoms with van der Waals surface area (Å²) < 4.78 is 0. The first kappa shape index (κ1) is 38.0. The minimum atomic E-state index is -1.79. The normalized spacial score (nSPS) is 12.5. The van der Waals surface area contributed by atoms with Crippen molar-refractivity contribution >= 4 is 30.7 Å². The molecule has 10 N–H and O–H groups in total. The SMILES string of the molecule is CC(=O)O.CCO.O=C(O)CCC(=O)O.O=CO.O=C[C@H](O)[C@@H](O)[C@H](O)[C@H](O)CO. The average Bonchev–Trinajstić information content (AvgIpc) is 2.65. The Labute approximate surface area is 171 Å². The molecule has 0 aliphatic heterocycles. The number of aliphatic hydroxyl groups excluding tert-OH is 6. The van der Waals surface area contributed by atoms with Gasteiger partial charge in [-0.3, -0.25) is 19.2 Å². The van der Waals surface area contributed by atoms with Gasteiger partial charge in [0.1, 0.15) is 24.4 Å². The number of rotatable bonds is 8. The van der Waals surface area contributed by atoms with Crippen molar-refractivity contribution in [2.45, 2.75) is 51.1 Å². The van der Waals surface area contributed by atoms with Gasteiger partial charge in [-0.05, 0) is 6.92 Å². The van der Waals surface area contributed by atoms with E-state index in [1.165, 1.54) is 0 Å². The van der Waals surface area contributed by atoms with E-state index in [-0.39, 0.29) is 32.2 Å². The summed E-state index contributed by atoms with van der Waals surface area (Å²) in [5.41, 5.74) is 0. The number of hydrogen-bond donors (Lipinski definition) is 10. The average molecular weight is 450 g/mol. The van der Waals surface area contributed by atoms with Crippen LogP contribution in [0.5, 0.6) is 0 Å². The van der Waals surface area contributed by atoms with Gasteiger partial charge >= 0.3 is 11.9 Å². The third-order valence-corrected chi connectivity index (χ3v) is 1.97. The number of carbonyl (C=O) groups is 5. The maximum absolute atomic E-state index is 9.90. The fraction of sp³-hybridized carbons (Fsp3) is 0.667. The fourth-order valence-corrected chi connectivity index (χ4v) is 0.832. The summed E-state index contributed by atoms with van der Waals surface area (Å²) in [5, 5.41) is 81.2. The molecule has 30 heavy (non-hydrogen) atoms. The van der Waals surface area contributed by atoms with Crippen LogP contribution in [-0.2, 0) is 24.0 Å². The molecular formula is C15H30O15. The summed E-state index contributed by atoms with van der Waals surface area (Å²) in [6.07, 6.45) is -7.43. The van der Waals surface area contributed by atoms with Crippen LogP contribution in [0.2, 0.25) is 0 Å². The maximum atomic E-state index is 9.90. The molecule has 0 heterocycles. The monoisotopic (exact) mass is 450 g/mol. The number of carboxylic acids is 3. The zero-order chi connectivity index (χ0) is 25.3. The zero-order valence-corrected chi connectivity index (χ0v) is 16.3. The topological polar surface area (TPSA) is 288 Å². The molecule has 180 valence electrons. The molecule has 0 unspecified atom stereocenters. The van der Waals surface area contributed by atoms with E-state index in [2.05, 4.69) is 0 Å². The lowest BCUT2D eigenvalue weighted by Crippen LogP contribution is -2.46. The summed E-state index contributed by atoms with van der Waals surface area (Å²) in [4.78, 5) is 46.5. The van der Waals surface area contributed by atoms with Crippen molar-refractivity contribution < 1.29 is 75.0 Å². The van der Waals surface area contributed by atoms with Crippen molar-refractivity contribution in [3.8, 4) is 0 Å². The first-order valence-electron chi connectivity index (χ1n) is 7.83. The van der Waals surface area contributed by atoms with E-state index in [1.807, 2.05) is 0 Å². The molecule has 0 fully saturated rings. The third-order valence-electron chi connectivity index (χ3n) is 1.97. The standard InChI is InChI=1S/C6H12O6.C4H6O4.C2H4O2.C2H6O.CH2O2/c7-1-3(9)5(11)6(12)4(10)2-8;5-3(6)1-2-4(7)8;1-2(3)4;1-2-3;2-1-3/h1,3-6,8-12H,2H2;1-2H2,(H,5,6)(H,7,8);1H3,(H,3,4);3H,2H2,1H3;1H,(H,2,3)/t3-,4+,5+,6+;;;;/m0..../s1. The highest BCUT2D eigenvalue weighted by Gasteiger charge is 2.29. The molecule has 0 rings (SSSR count). The van der Waals surface area contributed by atoms with Gasteiger partial charge in [-0.2, -0.15) is 0 Å². The van der Waals surface area contributed by atoms with Crippen LogP contribution in [0.4, 0.5) is 0 Å². The molecule has 0 spiro atoms. The van der Waals surface area contributed by atoms with Crippen LogP contribution in [-0.4, -0.2) is 119 Å². The van der Waals surface area contributed by atoms with E-state index in [4.69, 9.17) is 60.7 Å². The lowest BCUT2D eigenvalue weighted by atomic mass is 10.0. The minimum Gasteiger partial charge on any atom is -0.483 e. The first-order valence-corrected chi connectivity index (χ1v) is 7.83. The molecule has 4 atom stereocenters. The van der Waals surface area contributed by atoms with Gasteiger partial charge in [0.15, 0.2) is 6.29 Å². The Morgan fingerprint density at radius 2 is 1.10 bits per heavy atom. The lowest BCUT2D eigenvalue weighted by Gasteiger charge is -2.22. The number of hydrogen-bond acceptors (Lipinski definition) is 11. The summed E-state index contributed by atoms with van der Waals surface area (Å²) >= 11 is 0. The Morgan fingerprint density at radius 1 is 0.833 bits per heavy atom. The second kappa shape index (κ2) is 28.5. The number of aldehydes is 1. The zero-order valence-electron chi connectivity index (χ0n) is 16.3. The smallest absolute Gasteiger partial charge is 0.303 e. The molecule has 0 bridgehead atoms. The highest BCUT2D eigenvalue weighted by Crippen LogP contribution is 2.02. The predicted molar refractivity (Wildman–Crippen MR) is 96.4 cm³/mol. The van der Waals surface area contributed by atoms with Crippen LogP contribution in [0.15, 0.2) is 0 Å². The number of carboxylic acid groups (broad SMARTS) is 4. The second-order valence-electron chi connectivity index (χ2n) is 4.59. The molecule has 0 aromatic heterocycles. The van der Waals surface area contributed by atoms with Crippen LogP contribution < -0.4 is 0 Å². The van der Waals surface area contributed by atoms with Crippen molar-refractivity contribution in [1.29, 1.82) is 0 Å². The van der Waals surface area contributed by atoms with Crippen molar-refractivity contribution in [2.24, 2.45) is 0 Å². The van der Waals surface area contributed by atoms with Gasteiger partial charge in [-0.15, -0.1) is 0 Å². The van der Waals surface area contributed by atoms with Crippen molar-refractivity contribution in [3.63, 3.8) is 0 Å².